The minimum Gasteiger partial charge on any atom is -0.205 e. The number of aromatic nitrogens is 1. The second kappa shape index (κ2) is 6.19. The SMILES string of the molecule is CC(CCC[n+]1ccccc1)c1ccccc1. The van der Waals surface area contributed by atoms with Gasteiger partial charge in [-0.1, -0.05) is 43.3 Å². The van der Waals surface area contributed by atoms with Crippen LogP contribution < -0.4 is 4.57 Å². The van der Waals surface area contributed by atoms with Crippen LogP contribution in [0.5, 0.6) is 0 Å². The highest BCUT2D eigenvalue weighted by Crippen LogP contribution is 2.19. The molecule has 0 bridgehead atoms. The van der Waals surface area contributed by atoms with E-state index in [9.17, 15) is 0 Å². The van der Waals surface area contributed by atoms with Crippen LogP contribution in [0.4, 0.5) is 0 Å². The number of hydrogen-bond acceptors (Lipinski definition) is 0. The second-order valence-electron chi connectivity index (χ2n) is 4.57. The maximum atomic E-state index is 2.31. The molecule has 1 aromatic heterocycles. The summed E-state index contributed by atoms with van der Waals surface area (Å²) in [5.41, 5.74) is 1.45. The van der Waals surface area contributed by atoms with Crippen LogP contribution in [0.3, 0.4) is 0 Å². The van der Waals surface area contributed by atoms with Crippen LogP contribution in [0.15, 0.2) is 60.9 Å². The van der Waals surface area contributed by atoms with E-state index < -0.39 is 0 Å². The van der Waals surface area contributed by atoms with Gasteiger partial charge in [0.2, 0.25) is 0 Å². The third-order valence-corrected chi connectivity index (χ3v) is 3.20. The zero-order chi connectivity index (χ0) is 11.9. The van der Waals surface area contributed by atoms with Crippen LogP contribution in [-0.2, 0) is 6.54 Å². The Morgan fingerprint density at radius 2 is 1.59 bits per heavy atom. The second-order valence-corrected chi connectivity index (χ2v) is 4.57. The van der Waals surface area contributed by atoms with Crippen molar-refractivity contribution >= 4 is 0 Å². The van der Waals surface area contributed by atoms with E-state index in [0.717, 1.165) is 6.54 Å². The summed E-state index contributed by atoms with van der Waals surface area (Å²) >= 11 is 0. The van der Waals surface area contributed by atoms with Crippen molar-refractivity contribution in [2.45, 2.75) is 32.2 Å². The van der Waals surface area contributed by atoms with Gasteiger partial charge < -0.3 is 0 Å². The summed E-state index contributed by atoms with van der Waals surface area (Å²) in [6.07, 6.45) is 6.73. The summed E-state index contributed by atoms with van der Waals surface area (Å²) in [4.78, 5) is 0. The van der Waals surface area contributed by atoms with Gasteiger partial charge in [-0.3, -0.25) is 0 Å². The molecule has 17 heavy (non-hydrogen) atoms. The van der Waals surface area contributed by atoms with Gasteiger partial charge in [0, 0.05) is 18.6 Å². The van der Waals surface area contributed by atoms with E-state index in [1.165, 1.54) is 18.4 Å². The van der Waals surface area contributed by atoms with Crippen LogP contribution in [0.2, 0.25) is 0 Å². The Kier molecular flexibility index (Phi) is 4.31. The average Bonchev–Trinajstić information content (AvgIpc) is 2.41. The van der Waals surface area contributed by atoms with Crippen LogP contribution >= 0.6 is 0 Å². The van der Waals surface area contributed by atoms with E-state index in [2.05, 4.69) is 72.4 Å². The fourth-order valence-corrected chi connectivity index (χ4v) is 2.11. The molecule has 0 spiro atoms. The van der Waals surface area contributed by atoms with Crippen molar-refractivity contribution in [3.05, 3.63) is 66.5 Å². The molecule has 2 aromatic rings. The molecule has 2 rings (SSSR count). The minimum atomic E-state index is 0.653. The monoisotopic (exact) mass is 226 g/mol. The van der Waals surface area contributed by atoms with E-state index in [1.807, 2.05) is 0 Å². The maximum Gasteiger partial charge on any atom is 0.168 e. The highest BCUT2D eigenvalue weighted by Gasteiger charge is 2.06. The number of nitrogens with zero attached hydrogens (tertiary/aromatic N) is 1. The maximum absolute atomic E-state index is 2.31. The van der Waals surface area contributed by atoms with E-state index in [4.69, 9.17) is 0 Å². The lowest BCUT2D eigenvalue weighted by Crippen LogP contribution is -2.32. The van der Waals surface area contributed by atoms with Crippen molar-refractivity contribution in [1.29, 1.82) is 0 Å². The van der Waals surface area contributed by atoms with Gasteiger partial charge in [-0.15, -0.1) is 0 Å². The van der Waals surface area contributed by atoms with Crippen molar-refractivity contribution in [1.82, 2.24) is 0 Å². The van der Waals surface area contributed by atoms with Crippen LogP contribution in [0, 0.1) is 0 Å². The summed E-state index contributed by atoms with van der Waals surface area (Å²) < 4.78 is 2.25. The van der Waals surface area contributed by atoms with Gasteiger partial charge in [0.15, 0.2) is 12.4 Å². The van der Waals surface area contributed by atoms with Gasteiger partial charge in [-0.05, 0) is 17.9 Å². The van der Waals surface area contributed by atoms with E-state index in [0.29, 0.717) is 5.92 Å². The fourth-order valence-electron chi connectivity index (χ4n) is 2.11. The number of benzene rings is 1. The molecular weight excluding hydrogens is 206 g/mol. The molecule has 1 heteroatoms. The third-order valence-electron chi connectivity index (χ3n) is 3.20. The molecule has 0 amide bonds. The van der Waals surface area contributed by atoms with E-state index in [1.54, 1.807) is 0 Å². The summed E-state index contributed by atoms with van der Waals surface area (Å²) in [6.45, 7) is 3.42. The molecule has 0 aliphatic rings. The standard InChI is InChI=1S/C16H20N/c1-15(16-10-4-2-5-11-16)9-8-14-17-12-6-3-7-13-17/h2-7,10-13,15H,8-9,14H2,1H3/q+1. The molecule has 0 saturated carbocycles. The van der Waals surface area contributed by atoms with Crippen LogP contribution in [0.1, 0.15) is 31.2 Å². The van der Waals surface area contributed by atoms with Crippen molar-refractivity contribution in [3.63, 3.8) is 0 Å². The lowest BCUT2D eigenvalue weighted by atomic mass is 9.96. The van der Waals surface area contributed by atoms with Gasteiger partial charge >= 0.3 is 0 Å². The van der Waals surface area contributed by atoms with Crippen molar-refractivity contribution in [2.75, 3.05) is 0 Å². The topological polar surface area (TPSA) is 3.88 Å². The van der Waals surface area contributed by atoms with Crippen LogP contribution in [0.25, 0.3) is 0 Å². The first kappa shape index (κ1) is 11.8. The summed E-state index contributed by atoms with van der Waals surface area (Å²) in [7, 11) is 0. The predicted octanol–water partition coefficient (Wildman–Crippen LogP) is 3.56. The molecule has 1 aromatic carbocycles. The number of hydrogen-bond donors (Lipinski definition) is 0. The zero-order valence-electron chi connectivity index (χ0n) is 10.4. The summed E-state index contributed by atoms with van der Waals surface area (Å²) in [5, 5.41) is 0. The molecule has 0 radical (unpaired) electrons. The molecular formula is C16H20N+. The highest BCUT2D eigenvalue weighted by atomic mass is 14.9. The zero-order valence-corrected chi connectivity index (χ0v) is 10.4. The van der Waals surface area contributed by atoms with Crippen LogP contribution in [-0.4, -0.2) is 0 Å². The Hall–Kier alpha value is -1.63. The summed E-state index contributed by atoms with van der Waals surface area (Å²) in [6, 6.07) is 17.0. The molecule has 88 valence electrons. The fraction of sp³-hybridized carbons (Fsp3) is 0.312. The predicted molar refractivity (Wildman–Crippen MR) is 70.7 cm³/mol. The Bertz CT molecular complexity index is 422. The van der Waals surface area contributed by atoms with Gasteiger partial charge in [0.25, 0.3) is 0 Å². The summed E-state index contributed by atoms with van der Waals surface area (Å²) in [5.74, 6) is 0.653. The van der Waals surface area contributed by atoms with Crippen molar-refractivity contribution in [2.24, 2.45) is 0 Å². The molecule has 0 N–H and O–H groups in total. The first-order valence-electron chi connectivity index (χ1n) is 6.35. The quantitative estimate of drug-likeness (QED) is 0.686. The molecule has 0 fully saturated rings. The molecule has 1 heterocycles. The molecule has 1 unspecified atom stereocenters. The lowest BCUT2D eigenvalue weighted by molar-refractivity contribution is -0.697. The Morgan fingerprint density at radius 1 is 0.941 bits per heavy atom. The Balaban J connectivity index is 1.79. The number of rotatable bonds is 5. The third kappa shape index (κ3) is 3.70. The van der Waals surface area contributed by atoms with Gasteiger partial charge in [-0.25, -0.2) is 4.57 Å². The van der Waals surface area contributed by atoms with Gasteiger partial charge in [0.1, 0.15) is 6.54 Å². The molecule has 1 atom stereocenters. The first-order valence-corrected chi connectivity index (χ1v) is 6.35. The van der Waals surface area contributed by atoms with Gasteiger partial charge in [-0.2, -0.15) is 0 Å². The van der Waals surface area contributed by atoms with E-state index >= 15 is 0 Å². The van der Waals surface area contributed by atoms with Gasteiger partial charge in [0.05, 0.1) is 0 Å². The Labute approximate surface area is 104 Å². The molecule has 0 aliphatic heterocycles. The average molecular weight is 226 g/mol. The Morgan fingerprint density at radius 3 is 2.29 bits per heavy atom. The smallest absolute Gasteiger partial charge is 0.168 e. The lowest BCUT2D eigenvalue weighted by Gasteiger charge is -2.10. The first-order chi connectivity index (χ1) is 8.36. The highest BCUT2D eigenvalue weighted by molar-refractivity contribution is 5.18. The molecule has 0 aliphatic carbocycles. The minimum absolute atomic E-state index is 0.653. The molecule has 1 nitrogen and oxygen atoms in total. The number of aryl methyl sites for hydroxylation is 1. The molecule has 0 saturated heterocycles. The largest absolute Gasteiger partial charge is 0.205 e. The normalized spacial score (nSPS) is 12.3. The van der Waals surface area contributed by atoms with Crippen molar-refractivity contribution in [3.8, 4) is 0 Å². The van der Waals surface area contributed by atoms with E-state index in [-0.39, 0.29) is 0 Å². The number of pyridine rings is 1. The van der Waals surface area contributed by atoms with Crippen molar-refractivity contribution < 1.29 is 4.57 Å².